The number of fused-ring (bicyclic) bond motifs is 13. The molecule has 0 aliphatic rings. The standard InChI is InChI=1S/C19H14O.C19H14S.C17H13F.C13H10O.C13H10S.C13H12.C11H16.C10H14/c2*1-13-7-5-11-16-17-12-6-10-15(19(17)20-18(13)16)14-8-3-2-4-9-14;1-12-9-14(11-15(18)10-12)17-8-4-6-13-5-2-3-7-16(13)17;2*1-9-5-4-7-11-10-6-2-3-8-12(10)14-13(9)11;1-11-7-9-13(10-8-11)12-5-3-2-4-6-12;1-9-5-7-10(8-6-9)11(2,3)4;1-7-5-8(2)10(4)9(3)6-7/h2*2-12H,1H3;2-11H,1H3;2*2-8H,1H3;2-10H,1H3;5-8H,1-4H3;5-6H,1-4H3. The highest BCUT2D eigenvalue weighted by molar-refractivity contribution is 7.26. The Morgan fingerprint density at radius 2 is 0.642 bits per heavy atom. The van der Waals surface area contributed by atoms with Crippen LogP contribution < -0.4 is 0 Å². The van der Waals surface area contributed by atoms with Gasteiger partial charge in [0.25, 0.3) is 0 Å². The number of halogens is 1. The zero-order chi connectivity index (χ0) is 84.0. The predicted molar refractivity (Wildman–Crippen MR) is 522 cm³/mol. The maximum Gasteiger partial charge on any atom is 0.143 e. The van der Waals surface area contributed by atoms with Gasteiger partial charge in [0, 0.05) is 67.5 Å². The van der Waals surface area contributed by atoms with E-state index in [-0.39, 0.29) is 11.2 Å². The van der Waals surface area contributed by atoms with Gasteiger partial charge in [-0.25, -0.2) is 4.39 Å². The van der Waals surface area contributed by atoms with E-state index in [0.717, 1.165) is 50.0 Å². The molecule has 4 aromatic heterocycles. The van der Waals surface area contributed by atoms with Crippen molar-refractivity contribution < 1.29 is 13.2 Å². The lowest BCUT2D eigenvalue weighted by Gasteiger charge is -2.18. The van der Waals surface area contributed by atoms with Crippen molar-refractivity contribution in [3.8, 4) is 44.5 Å². The highest BCUT2D eigenvalue weighted by Gasteiger charge is 2.16. The fourth-order valence-corrected chi connectivity index (χ4v) is 17.9. The van der Waals surface area contributed by atoms with Gasteiger partial charge >= 0.3 is 0 Å². The molecule has 0 N–H and O–H groups in total. The van der Waals surface area contributed by atoms with Crippen LogP contribution in [-0.2, 0) is 5.41 Å². The first kappa shape index (κ1) is 83.5. The molecule has 0 bridgehead atoms. The van der Waals surface area contributed by atoms with Crippen molar-refractivity contribution in [1.29, 1.82) is 0 Å². The van der Waals surface area contributed by atoms with Crippen LogP contribution in [-0.4, -0.2) is 0 Å². The highest BCUT2D eigenvalue weighted by Crippen LogP contribution is 2.43. The molecule has 17 aromatic carbocycles. The first-order valence-electron chi connectivity index (χ1n) is 41.3. The van der Waals surface area contributed by atoms with Crippen molar-refractivity contribution in [1.82, 2.24) is 0 Å². The Labute approximate surface area is 715 Å². The van der Waals surface area contributed by atoms with Gasteiger partial charge in [-0.2, -0.15) is 0 Å². The van der Waals surface area contributed by atoms with Crippen LogP contribution in [0, 0.1) is 82.0 Å². The molecule has 0 aliphatic carbocycles. The maximum absolute atomic E-state index is 13.5. The lowest BCUT2D eigenvalue weighted by molar-refractivity contribution is 0.590. The zero-order valence-corrected chi connectivity index (χ0v) is 72.9. The summed E-state index contributed by atoms with van der Waals surface area (Å²) in [6.45, 7) is 30.0. The largest absolute Gasteiger partial charge is 0.456 e. The maximum atomic E-state index is 13.5. The molecule has 21 aromatic rings. The third kappa shape index (κ3) is 19.7. The molecule has 5 heteroatoms. The van der Waals surface area contributed by atoms with E-state index in [9.17, 15) is 4.39 Å². The van der Waals surface area contributed by atoms with Gasteiger partial charge in [-0.3, -0.25) is 0 Å². The van der Waals surface area contributed by atoms with Gasteiger partial charge in [0.1, 0.15) is 28.1 Å². The van der Waals surface area contributed by atoms with Gasteiger partial charge in [0.15, 0.2) is 0 Å². The van der Waals surface area contributed by atoms with E-state index in [1.165, 1.54) is 156 Å². The van der Waals surface area contributed by atoms with Crippen molar-refractivity contribution in [3.05, 3.63) is 443 Å². The summed E-state index contributed by atoms with van der Waals surface area (Å²) in [5.41, 5.74) is 29.5. The van der Waals surface area contributed by atoms with E-state index >= 15 is 0 Å². The average molecular weight is 1600 g/mol. The average Bonchev–Trinajstić information content (AvgIpc) is 1.61. The number of furan rings is 2. The second-order valence-electron chi connectivity index (χ2n) is 32.2. The van der Waals surface area contributed by atoms with Crippen LogP contribution in [0.5, 0.6) is 0 Å². The van der Waals surface area contributed by atoms with Gasteiger partial charge in [0.2, 0.25) is 0 Å². The molecule has 4 heterocycles. The quantitative estimate of drug-likeness (QED) is 0.176. The van der Waals surface area contributed by atoms with E-state index in [2.05, 4.69) is 387 Å². The fourth-order valence-electron chi connectivity index (χ4n) is 15.4. The number of para-hydroxylation sites is 4. The minimum absolute atomic E-state index is 0.182. The Bertz CT molecular complexity index is 6740. The summed E-state index contributed by atoms with van der Waals surface area (Å²) < 4.78 is 31.1. The molecule has 0 aliphatic heterocycles. The van der Waals surface area contributed by atoms with E-state index in [0.29, 0.717) is 0 Å². The number of hydrogen-bond acceptors (Lipinski definition) is 4. The lowest BCUT2D eigenvalue weighted by Crippen LogP contribution is -2.10. The highest BCUT2D eigenvalue weighted by atomic mass is 32.1. The zero-order valence-electron chi connectivity index (χ0n) is 71.2. The number of benzene rings is 17. The van der Waals surface area contributed by atoms with Gasteiger partial charge in [-0.05, 0) is 206 Å². The summed E-state index contributed by atoms with van der Waals surface area (Å²) in [6, 6.07) is 128. The van der Waals surface area contributed by atoms with Crippen LogP contribution in [0.25, 0.3) is 140 Å². The van der Waals surface area contributed by atoms with Gasteiger partial charge in [-0.1, -0.05) is 383 Å². The molecule has 0 fully saturated rings. The van der Waals surface area contributed by atoms with Gasteiger partial charge in [-0.15, -0.1) is 22.7 Å². The first-order valence-corrected chi connectivity index (χ1v) is 42.9. The molecule has 0 saturated carbocycles. The number of hydrogen-bond donors (Lipinski definition) is 0. The molecule has 0 unspecified atom stereocenters. The van der Waals surface area contributed by atoms with Crippen molar-refractivity contribution in [2.45, 2.75) is 102 Å². The Morgan fingerprint density at radius 3 is 1.23 bits per heavy atom. The number of thiophene rings is 2. The monoisotopic (exact) mass is 1600 g/mol. The second-order valence-corrected chi connectivity index (χ2v) is 34.3. The van der Waals surface area contributed by atoms with Crippen LogP contribution in [0.15, 0.2) is 379 Å². The third-order valence-corrected chi connectivity index (χ3v) is 24.8. The summed E-state index contributed by atoms with van der Waals surface area (Å²) in [5, 5.41) is 12.6. The van der Waals surface area contributed by atoms with Crippen LogP contribution in [0.4, 0.5) is 4.39 Å². The summed E-state index contributed by atoms with van der Waals surface area (Å²) in [6.07, 6.45) is 0. The van der Waals surface area contributed by atoms with E-state index in [4.69, 9.17) is 8.83 Å². The molecule has 0 saturated heterocycles. The predicted octanol–water partition coefficient (Wildman–Crippen LogP) is 34.7. The van der Waals surface area contributed by atoms with Crippen molar-refractivity contribution in [3.63, 3.8) is 0 Å². The van der Waals surface area contributed by atoms with Crippen LogP contribution in [0.2, 0.25) is 0 Å². The molecule has 120 heavy (non-hydrogen) atoms. The molecular weight excluding hydrogens is 1500 g/mol. The van der Waals surface area contributed by atoms with Crippen molar-refractivity contribution in [2.75, 3.05) is 0 Å². The minimum Gasteiger partial charge on any atom is -0.456 e. The van der Waals surface area contributed by atoms with Crippen LogP contribution >= 0.6 is 22.7 Å². The van der Waals surface area contributed by atoms with Crippen LogP contribution in [0.3, 0.4) is 0 Å². The Balaban J connectivity index is 0.000000114. The molecular formula is C115H103FO2S2. The Kier molecular flexibility index (Phi) is 26.5. The molecule has 0 atom stereocenters. The molecule has 594 valence electrons. The molecule has 2 nitrogen and oxygen atoms in total. The van der Waals surface area contributed by atoms with Gasteiger partial charge < -0.3 is 8.83 Å². The normalized spacial score (nSPS) is 11.0. The summed E-state index contributed by atoms with van der Waals surface area (Å²) >= 11 is 3.80. The number of aryl methyl sites for hydroxylation is 10. The van der Waals surface area contributed by atoms with E-state index in [1.807, 2.05) is 90.3 Å². The van der Waals surface area contributed by atoms with Crippen LogP contribution in [0.1, 0.15) is 87.5 Å². The molecule has 0 radical (unpaired) electrons. The SMILES string of the molecule is Cc1cc(C)c(C)c(C)c1.Cc1cc(F)cc(-c2cccc3ccccc23)c1.Cc1ccc(-c2ccccc2)cc1.Cc1ccc(C(C)(C)C)cc1.Cc1cccc2c1oc1c(-c3ccccc3)cccc12.Cc1cccc2c1oc1ccccc12.Cc1cccc2c1sc1c(-c3ccccc3)cccc12.Cc1cccc2c1sc1ccccc12. The molecule has 0 spiro atoms. The Hall–Kier alpha value is -13.0. The molecule has 0 amide bonds. The van der Waals surface area contributed by atoms with E-state index in [1.54, 1.807) is 12.1 Å². The second kappa shape index (κ2) is 38.1. The first-order chi connectivity index (χ1) is 58.1. The third-order valence-electron chi connectivity index (χ3n) is 22.1. The summed E-state index contributed by atoms with van der Waals surface area (Å²) in [4.78, 5) is 0. The van der Waals surface area contributed by atoms with E-state index < -0.39 is 0 Å². The smallest absolute Gasteiger partial charge is 0.143 e. The van der Waals surface area contributed by atoms with Gasteiger partial charge in [0.05, 0.1) is 0 Å². The topological polar surface area (TPSA) is 26.3 Å². The van der Waals surface area contributed by atoms with Crippen molar-refractivity contribution in [2.24, 2.45) is 0 Å². The number of rotatable bonds is 4. The Morgan fingerprint density at radius 1 is 0.242 bits per heavy atom. The van der Waals surface area contributed by atoms with Crippen molar-refractivity contribution >= 4 is 118 Å². The lowest BCUT2D eigenvalue weighted by atomic mass is 9.87. The molecule has 21 rings (SSSR count). The summed E-state index contributed by atoms with van der Waals surface area (Å²) in [5.74, 6) is -0.182. The fraction of sp³-hybridized carbons (Fsp3) is 0.130. The summed E-state index contributed by atoms with van der Waals surface area (Å²) in [7, 11) is 0. The minimum atomic E-state index is -0.182.